The second-order valence-electron chi connectivity index (χ2n) is 6.46. The summed E-state index contributed by atoms with van der Waals surface area (Å²) in [5.74, 6) is 0.506. The fourth-order valence-electron chi connectivity index (χ4n) is 3.30. The predicted octanol–water partition coefficient (Wildman–Crippen LogP) is 3.35. The Morgan fingerprint density at radius 1 is 1.21 bits per heavy atom. The molecule has 0 radical (unpaired) electrons. The first-order valence-corrected chi connectivity index (χ1v) is 8.52. The van der Waals surface area contributed by atoms with Gasteiger partial charge in [-0.05, 0) is 38.0 Å². The van der Waals surface area contributed by atoms with Crippen LogP contribution in [0, 0.1) is 0 Å². The SMILES string of the molecule is C[C@@H](Oc1ccc2ccc(=O)oc2c1)C(=O)N(C)C1CCCCC1. The minimum absolute atomic E-state index is 0.0171. The van der Waals surface area contributed by atoms with E-state index < -0.39 is 11.7 Å². The zero-order valence-electron chi connectivity index (χ0n) is 14.2. The summed E-state index contributed by atoms with van der Waals surface area (Å²) >= 11 is 0. The number of amides is 1. The van der Waals surface area contributed by atoms with E-state index in [-0.39, 0.29) is 5.91 Å². The van der Waals surface area contributed by atoms with Crippen LogP contribution >= 0.6 is 0 Å². The summed E-state index contributed by atoms with van der Waals surface area (Å²) in [6, 6.07) is 8.65. The van der Waals surface area contributed by atoms with E-state index in [9.17, 15) is 9.59 Å². The van der Waals surface area contributed by atoms with Gasteiger partial charge in [-0.25, -0.2) is 4.79 Å². The van der Waals surface area contributed by atoms with Gasteiger partial charge in [0.05, 0.1) is 0 Å². The maximum atomic E-state index is 12.6. The standard InChI is InChI=1S/C19H23NO4/c1-13(19(22)20(2)15-6-4-3-5-7-15)23-16-10-8-14-9-11-18(21)24-17(14)12-16/h8-13,15H,3-7H2,1-2H3/t13-/m1/s1. The van der Waals surface area contributed by atoms with Gasteiger partial charge in [-0.2, -0.15) is 0 Å². The Morgan fingerprint density at radius 3 is 2.67 bits per heavy atom. The van der Waals surface area contributed by atoms with Crippen LogP contribution in [0.2, 0.25) is 0 Å². The topological polar surface area (TPSA) is 59.8 Å². The lowest BCUT2D eigenvalue weighted by Gasteiger charge is -2.32. The van der Waals surface area contributed by atoms with Crippen molar-refractivity contribution in [1.82, 2.24) is 4.90 Å². The molecule has 1 heterocycles. The Balaban J connectivity index is 1.70. The van der Waals surface area contributed by atoms with Gasteiger partial charge >= 0.3 is 5.63 Å². The van der Waals surface area contributed by atoms with Crippen molar-refractivity contribution in [2.24, 2.45) is 0 Å². The fourth-order valence-corrected chi connectivity index (χ4v) is 3.30. The maximum absolute atomic E-state index is 12.6. The number of ether oxygens (including phenoxy) is 1. The van der Waals surface area contributed by atoms with Crippen LogP contribution in [0.5, 0.6) is 5.75 Å². The summed E-state index contributed by atoms with van der Waals surface area (Å²) in [4.78, 5) is 25.7. The monoisotopic (exact) mass is 329 g/mol. The number of carbonyl (C=O) groups excluding carboxylic acids is 1. The van der Waals surface area contributed by atoms with Gasteiger partial charge in [-0.15, -0.1) is 0 Å². The van der Waals surface area contributed by atoms with Crippen LogP contribution in [-0.2, 0) is 4.79 Å². The number of hydrogen-bond acceptors (Lipinski definition) is 4. The molecule has 0 saturated heterocycles. The molecule has 5 heteroatoms. The van der Waals surface area contributed by atoms with Crippen molar-refractivity contribution < 1.29 is 13.9 Å². The van der Waals surface area contributed by atoms with Crippen molar-refractivity contribution in [2.75, 3.05) is 7.05 Å². The van der Waals surface area contributed by atoms with Crippen molar-refractivity contribution in [3.8, 4) is 5.75 Å². The van der Waals surface area contributed by atoms with Crippen LogP contribution in [0.1, 0.15) is 39.0 Å². The molecule has 1 aromatic carbocycles. The summed E-state index contributed by atoms with van der Waals surface area (Å²) in [5, 5.41) is 0.820. The van der Waals surface area contributed by atoms with E-state index in [1.807, 2.05) is 18.0 Å². The van der Waals surface area contributed by atoms with Gasteiger partial charge in [-0.1, -0.05) is 19.3 Å². The molecule has 0 bridgehead atoms. The molecule has 2 aromatic rings. The first kappa shape index (κ1) is 16.6. The molecule has 1 saturated carbocycles. The maximum Gasteiger partial charge on any atom is 0.336 e. The molecule has 0 spiro atoms. The van der Waals surface area contributed by atoms with Crippen molar-refractivity contribution in [3.63, 3.8) is 0 Å². The number of nitrogens with zero attached hydrogens (tertiary/aromatic N) is 1. The molecule has 0 N–H and O–H groups in total. The van der Waals surface area contributed by atoms with Gasteiger partial charge in [0.2, 0.25) is 0 Å². The molecule has 0 aliphatic heterocycles. The van der Waals surface area contributed by atoms with Crippen molar-refractivity contribution in [1.29, 1.82) is 0 Å². The molecule has 128 valence electrons. The quantitative estimate of drug-likeness (QED) is 0.807. The number of carbonyl (C=O) groups is 1. The molecule has 5 nitrogen and oxygen atoms in total. The van der Waals surface area contributed by atoms with Crippen LogP contribution in [0.25, 0.3) is 11.0 Å². The number of benzene rings is 1. The van der Waals surface area contributed by atoms with E-state index in [2.05, 4.69) is 0 Å². The highest BCUT2D eigenvalue weighted by Crippen LogP contribution is 2.24. The molecule has 3 rings (SSSR count). The van der Waals surface area contributed by atoms with Gasteiger partial charge in [0.15, 0.2) is 6.10 Å². The highest BCUT2D eigenvalue weighted by atomic mass is 16.5. The van der Waals surface area contributed by atoms with Crippen molar-refractivity contribution >= 4 is 16.9 Å². The van der Waals surface area contributed by atoms with Crippen LogP contribution in [0.3, 0.4) is 0 Å². The third-order valence-electron chi connectivity index (χ3n) is 4.73. The zero-order chi connectivity index (χ0) is 17.1. The molecule has 1 aliphatic rings. The summed E-state index contributed by atoms with van der Waals surface area (Å²) in [6.45, 7) is 1.76. The molecule has 1 fully saturated rings. The Kier molecular flexibility index (Phi) is 4.88. The average Bonchev–Trinajstić information content (AvgIpc) is 2.60. The Bertz CT molecular complexity index is 776. The number of rotatable bonds is 4. The van der Waals surface area contributed by atoms with Gasteiger partial charge in [0, 0.05) is 30.6 Å². The highest BCUT2D eigenvalue weighted by molar-refractivity contribution is 5.81. The molecule has 0 unspecified atom stereocenters. The van der Waals surface area contributed by atoms with E-state index in [4.69, 9.17) is 9.15 Å². The summed E-state index contributed by atoms with van der Waals surface area (Å²) in [6.07, 6.45) is 5.17. The predicted molar refractivity (Wildman–Crippen MR) is 92.2 cm³/mol. The van der Waals surface area contributed by atoms with E-state index in [0.717, 1.165) is 18.2 Å². The lowest BCUT2D eigenvalue weighted by atomic mass is 9.94. The summed E-state index contributed by atoms with van der Waals surface area (Å²) in [5.41, 5.74) is 0.0566. The van der Waals surface area contributed by atoms with Gasteiger partial charge < -0.3 is 14.1 Å². The Labute approximate surface area is 141 Å². The lowest BCUT2D eigenvalue weighted by molar-refractivity contribution is -0.139. The fraction of sp³-hybridized carbons (Fsp3) is 0.474. The smallest absolute Gasteiger partial charge is 0.336 e. The molecular weight excluding hydrogens is 306 g/mol. The third kappa shape index (κ3) is 3.61. The van der Waals surface area contributed by atoms with Gasteiger partial charge in [0.25, 0.3) is 5.91 Å². The van der Waals surface area contributed by atoms with Crippen LogP contribution in [-0.4, -0.2) is 30.0 Å². The molecule has 1 aliphatic carbocycles. The first-order valence-electron chi connectivity index (χ1n) is 8.52. The molecule has 1 atom stereocenters. The third-order valence-corrected chi connectivity index (χ3v) is 4.73. The number of likely N-dealkylation sites (N-methyl/N-ethyl adjacent to an activating group) is 1. The van der Waals surface area contributed by atoms with E-state index in [0.29, 0.717) is 17.4 Å². The number of fused-ring (bicyclic) bond motifs is 1. The van der Waals surface area contributed by atoms with Crippen molar-refractivity contribution in [3.05, 3.63) is 40.8 Å². The first-order chi connectivity index (χ1) is 11.5. The normalized spacial score (nSPS) is 16.8. The summed E-state index contributed by atoms with van der Waals surface area (Å²) < 4.78 is 10.9. The van der Waals surface area contributed by atoms with Crippen LogP contribution < -0.4 is 10.4 Å². The number of hydrogen-bond donors (Lipinski definition) is 0. The van der Waals surface area contributed by atoms with E-state index in [1.54, 1.807) is 25.1 Å². The lowest BCUT2D eigenvalue weighted by Crippen LogP contribution is -2.44. The minimum Gasteiger partial charge on any atom is -0.481 e. The van der Waals surface area contributed by atoms with Crippen molar-refractivity contribution in [2.45, 2.75) is 51.2 Å². The van der Waals surface area contributed by atoms with Crippen LogP contribution in [0.15, 0.2) is 39.5 Å². The van der Waals surface area contributed by atoms with Gasteiger partial charge in [0.1, 0.15) is 11.3 Å². The minimum atomic E-state index is -0.579. The average molecular weight is 329 g/mol. The Morgan fingerprint density at radius 2 is 1.92 bits per heavy atom. The van der Waals surface area contributed by atoms with E-state index in [1.165, 1.54) is 25.3 Å². The molecule has 1 amide bonds. The molecular formula is C19H23NO4. The van der Waals surface area contributed by atoms with Crippen LogP contribution in [0.4, 0.5) is 0 Å². The molecule has 24 heavy (non-hydrogen) atoms. The van der Waals surface area contributed by atoms with E-state index >= 15 is 0 Å². The van der Waals surface area contributed by atoms with Gasteiger partial charge in [-0.3, -0.25) is 4.79 Å². The summed E-state index contributed by atoms with van der Waals surface area (Å²) in [7, 11) is 1.86. The highest BCUT2D eigenvalue weighted by Gasteiger charge is 2.26. The largest absolute Gasteiger partial charge is 0.481 e. The zero-order valence-corrected chi connectivity index (χ0v) is 14.2. The second-order valence-corrected chi connectivity index (χ2v) is 6.46. The Hall–Kier alpha value is -2.30. The molecule has 1 aromatic heterocycles. The second kappa shape index (κ2) is 7.07.